The van der Waals surface area contributed by atoms with Crippen LogP contribution in [0.15, 0.2) is 48.0 Å². The number of nitrogens with one attached hydrogen (secondary N) is 1. The number of carbonyl (C=O) groups is 1. The Labute approximate surface area is 182 Å². The molecular weight excluding hydrogens is 392 g/mol. The van der Waals surface area contributed by atoms with Crippen molar-refractivity contribution in [2.75, 3.05) is 19.6 Å². The third-order valence-electron chi connectivity index (χ3n) is 5.79. The first-order valence-corrected chi connectivity index (χ1v) is 11.6. The molecule has 1 atom stereocenters. The van der Waals surface area contributed by atoms with Gasteiger partial charge in [-0.25, -0.2) is 4.68 Å². The molecule has 3 aromatic rings. The van der Waals surface area contributed by atoms with E-state index in [-0.39, 0.29) is 17.9 Å². The molecular formula is C24H30N4OS. The fourth-order valence-corrected chi connectivity index (χ4v) is 5.07. The standard InChI is InChI=1S/C24H30N4OS/c1-17(2)23-20(15-26-28(23)19-10-8-18(3)9-11-19)24(29)25-16-21(22-7-6-14-30-22)27-12-4-5-13-27/h6-11,14-15,17,21H,4-5,12-13,16H2,1-3H3,(H,25,29). The van der Waals surface area contributed by atoms with Crippen LogP contribution in [0.2, 0.25) is 0 Å². The SMILES string of the molecule is Cc1ccc(-n2ncc(C(=O)NCC(c3cccs3)N3CCCC3)c2C(C)C)cc1. The highest BCUT2D eigenvalue weighted by molar-refractivity contribution is 7.10. The molecule has 0 saturated carbocycles. The lowest BCUT2D eigenvalue weighted by molar-refractivity contribution is 0.0937. The zero-order valence-electron chi connectivity index (χ0n) is 18.0. The average Bonchev–Trinajstić information content (AvgIpc) is 3.50. The molecule has 3 heterocycles. The zero-order chi connectivity index (χ0) is 21.1. The van der Waals surface area contributed by atoms with Crippen LogP contribution in [-0.2, 0) is 0 Å². The molecule has 5 nitrogen and oxygen atoms in total. The molecule has 2 aromatic heterocycles. The summed E-state index contributed by atoms with van der Waals surface area (Å²) in [6.45, 7) is 9.10. The highest BCUT2D eigenvalue weighted by Gasteiger charge is 2.26. The Morgan fingerprint density at radius 3 is 2.53 bits per heavy atom. The Bertz CT molecular complexity index is 969. The zero-order valence-corrected chi connectivity index (χ0v) is 18.8. The summed E-state index contributed by atoms with van der Waals surface area (Å²) in [5, 5.41) is 9.88. The van der Waals surface area contributed by atoms with Crippen molar-refractivity contribution in [3.8, 4) is 5.69 Å². The van der Waals surface area contributed by atoms with E-state index in [9.17, 15) is 4.79 Å². The van der Waals surface area contributed by atoms with Crippen LogP contribution in [0.5, 0.6) is 0 Å². The van der Waals surface area contributed by atoms with Crippen molar-refractivity contribution in [2.24, 2.45) is 0 Å². The smallest absolute Gasteiger partial charge is 0.254 e. The molecule has 1 amide bonds. The molecule has 0 aliphatic carbocycles. The number of hydrogen-bond donors (Lipinski definition) is 1. The molecule has 1 unspecified atom stereocenters. The second-order valence-corrected chi connectivity index (χ2v) is 9.31. The minimum Gasteiger partial charge on any atom is -0.350 e. The van der Waals surface area contributed by atoms with Gasteiger partial charge in [0.05, 0.1) is 29.2 Å². The van der Waals surface area contributed by atoms with Gasteiger partial charge < -0.3 is 5.32 Å². The summed E-state index contributed by atoms with van der Waals surface area (Å²) in [6.07, 6.45) is 4.17. The quantitative estimate of drug-likeness (QED) is 0.587. The Hall–Kier alpha value is -2.44. The van der Waals surface area contributed by atoms with Crippen LogP contribution in [0.3, 0.4) is 0 Å². The largest absolute Gasteiger partial charge is 0.350 e. The molecule has 30 heavy (non-hydrogen) atoms. The van der Waals surface area contributed by atoms with Gasteiger partial charge >= 0.3 is 0 Å². The summed E-state index contributed by atoms with van der Waals surface area (Å²) in [5.41, 5.74) is 3.80. The van der Waals surface area contributed by atoms with Crippen molar-refractivity contribution in [1.82, 2.24) is 20.0 Å². The van der Waals surface area contributed by atoms with Gasteiger partial charge in [0.25, 0.3) is 5.91 Å². The van der Waals surface area contributed by atoms with E-state index < -0.39 is 0 Å². The average molecular weight is 423 g/mol. The van der Waals surface area contributed by atoms with Crippen LogP contribution in [0, 0.1) is 6.92 Å². The number of carbonyl (C=O) groups excluding carboxylic acids is 1. The summed E-state index contributed by atoms with van der Waals surface area (Å²) in [7, 11) is 0. The van der Waals surface area contributed by atoms with Gasteiger partial charge in [0, 0.05) is 11.4 Å². The van der Waals surface area contributed by atoms with Gasteiger partial charge in [-0.15, -0.1) is 11.3 Å². The van der Waals surface area contributed by atoms with Crippen LogP contribution in [0.4, 0.5) is 0 Å². The van der Waals surface area contributed by atoms with Crippen LogP contribution >= 0.6 is 11.3 Å². The number of aryl methyl sites for hydroxylation is 1. The Morgan fingerprint density at radius 1 is 1.17 bits per heavy atom. The summed E-state index contributed by atoms with van der Waals surface area (Å²) in [4.78, 5) is 17.0. The van der Waals surface area contributed by atoms with E-state index in [0.29, 0.717) is 12.1 Å². The van der Waals surface area contributed by atoms with Gasteiger partial charge in [-0.05, 0) is 62.4 Å². The topological polar surface area (TPSA) is 50.2 Å². The van der Waals surface area contributed by atoms with Crippen molar-refractivity contribution >= 4 is 17.2 Å². The summed E-state index contributed by atoms with van der Waals surface area (Å²) >= 11 is 1.77. The second kappa shape index (κ2) is 9.14. The lowest BCUT2D eigenvalue weighted by atomic mass is 10.0. The first-order valence-electron chi connectivity index (χ1n) is 10.7. The predicted molar refractivity (Wildman–Crippen MR) is 123 cm³/mol. The molecule has 0 radical (unpaired) electrons. The first-order chi connectivity index (χ1) is 14.5. The molecule has 1 aromatic carbocycles. The maximum Gasteiger partial charge on any atom is 0.254 e. The monoisotopic (exact) mass is 422 g/mol. The van der Waals surface area contributed by atoms with Gasteiger partial charge in [0.2, 0.25) is 0 Å². The number of benzene rings is 1. The molecule has 1 fully saturated rings. The molecule has 6 heteroatoms. The van der Waals surface area contributed by atoms with Gasteiger partial charge in [-0.2, -0.15) is 5.10 Å². The summed E-state index contributed by atoms with van der Waals surface area (Å²) in [5.74, 6) is 0.138. The van der Waals surface area contributed by atoms with Crippen molar-refractivity contribution in [3.05, 3.63) is 69.7 Å². The van der Waals surface area contributed by atoms with E-state index >= 15 is 0 Å². The fraction of sp³-hybridized carbons (Fsp3) is 0.417. The van der Waals surface area contributed by atoms with E-state index in [1.54, 1.807) is 17.5 Å². The van der Waals surface area contributed by atoms with Gasteiger partial charge in [-0.1, -0.05) is 37.6 Å². The minimum absolute atomic E-state index is 0.0437. The number of amides is 1. The van der Waals surface area contributed by atoms with E-state index in [1.165, 1.54) is 23.3 Å². The number of likely N-dealkylation sites (tertiary alicyclic amines) is 1. The van der Waals surface area contributed by atoms with E-state index in [0.717, 1.165) is 24.5 Å². The van der Waals surface area contributed by atoms with Crippen LogP contribution < -0.4 is 5.32 Å². The molecule has 0 spiro atoms. The summed E-state index contributed by atoms with van der Waals surface area (Å²) in [6, 6.07) is 12.8. The van der Waals surface area contributed by atoms with Crippen molar-refractivity contribution < 1.29 is 4.79 Å². The molecule has 1 saturated heterocycles. The molecule has 1 aliphatic heterocycles. The van der Waals surface area contributed by atoms with E-state index in [2.05, 4.69) is 77.9 Å². The van der Waals surface area contributed by atoms with Gasteiger partial charge in [-0.3, -0.25) is 9.69 Å². The number of aromatic nitrogens is 2. The summed E-state index contributed by atoms with van der Waals surface area (Å²) < 4.78 is 1.90. The van der Waals surface area contributed by atoms with Crippen molar-refractivity contribution in [3.63, 3.8) is 0 Å². The normalized spacial score (nSPS) is 15.6. The van der Waals surface area contributed by atoms with Gasteiger partial charge in [0.1, 0.15) is 0 Å². The minimum atomic E-state index is -0.0437. The van der Waals surface area contributed by atoms with Crippen LogP contribution in [0.25, 0.3) is 5.69 Å². The molecule has 0 bridgehead atoms. The third kappa shape index (κ3) is 4.35. The van der Waals surface area contributed by atoms with Crippen LogP contribution in [0.1, 0.15) is 65.1 Å². The van der Waals surface area contributed by atoms with Crippen LogP contribution in [-0.4, -0.2) is 40.2 Å². The molecule has 1 N–H and O–H groups in total. The highest BCUT2D eigenvalue weighted by Crippen LogP contribution is 2.28. The van der Waals surface area contributed by atoms with Gasteiger partial charge in [0.15, 0.2) is 0 Å². The van der Waals surface area contributed by atoms with Crippen molar-refractivity contribution in [1.29, 1.82) is 0 Å². The lowest BCUT2D eigenvalue weighted by Gasteiger charge is -2.27. The number of rotatable bonds is 7. The van der Waals surface area contributed by atoms with E-state index in [4.69, 9.17) is 0 Å². The Balaban J connectivity index is 1.55. The maximum absolute atomic E-state index is 13.2. The lowest BCUT2D eigenvalue weighted by Crippen LogP contribution is -2.36. The number of thiophene rings is 1. The number of hydrogen-bond acceptors (Lipinski definition) is 4. The maximum atomic E-state index is 13.2. The highest BCUT2D eigenvalue weighted by atomic mass is 32.1. The Kier molecular flexibility index (Phi) is 6.35. The molecule has 4 rings (SSSR count). The second-order valence-electron chi connectivity index (χ2n) is 8.33. The molecule has 1 aliphatic rings. The van der Waals surface area contributed by atoms with E-state index in [1.807, 2.05) is 4.68 Å². The Morgan fingerprint density at radius 2 is 1.90 bits per heavy atom. The fourth-order valence-electron chi connectivity index (χ4n) is 4.21. The predicted octanol–water partition coefficient (Wildman–Crippen LogP) is 4.93. The first kappa shape index (κ1) is 20.8. The third-order valence-corrected chi connectivity index (χ3v) is 6.76. The number of nitrogens with zero attached hydrogens (tertiary/aromatic N) is 3. The molecule has 158 valence electrons. The van der Waals surface area contributed by atoms with Crippen molar-refractivity contribution in [2.45, 2.75) is 45.6 Å².